The molecule has 0 spiro atoms. The number of aromatic nitrogens is 3. The molecule has 1 heterocycles. The van der Waals surface area contributed by atoms with Crippen LogP contribution in [-0.2, 0) is 25.6 Å². The van der Waals surface area contributed by atoms with E-state index in [4.69, 9.17) is 23.2 Å². The van der Waals surface area contributed by atoms with Gasteiger partial charge >= 0.3 is 0 Å². The Kier molecular flexibility index (Phi) is 5.82. The van der Waals surface area contributed by atoms with Crippen molar-refractivity contribution in [2.24, 2.45) is 7.05 Å². The van der Waals surface area contributed by atoms with E-state index in [1.165, 1.54) is 5.56 Å². The fourth-order valence-corrected chi connectivity index (χ4v) is 4.07. The van der Waals surface area contributed by atoms with Crippen molar-refractivity contribution in [3.05, 3.63) is 75.5 Å². The second-order valence-electron chi connectivity index (χ2n) is 5.43. The van der Waals surface area contributed by atoms with Gasteiger partial charge in [0, 0.05) is 29.3 Å². The fraction of sp³-hybridized carbons (Fsp3) is 0.222. The van der Waals surface area contributed by atoms with Crippen LogP contribution >= 0.6 is 35.0 Å². The Labute approximate surface area is 156 Å². The van der Waals surface area contributed by atoms with Gasteiger partial charge in [-0.15, -0.1) is 10.2 Å². The number of hydrogen-bond donors (Lipinski definition) is 0. The average molecular weight is 378 g/mol. The summed E-state index contributed by atoms with van der Waals surface area (Å²) in [6, 6.07) is 16.0. The summed E-state index contributed by atoms with van der Waals surface area (Å²) < 4.78 is 2.04. The smallest absolute Gasteiger partial charge is 0.191 e. The molecule has 0 bridgehead atoms. The molecule has 6 heteroatoms. The number of aryl methyl sites for hydroxylation is 2. The van der Waals surface area contributed by atoms with E-state index in [0.717, 1.165) is 29.4 Å². The highest BCUT2D eigenvalue weighted by Crippen LogP contribution is 2.30. The first-order valence-corrected chi connectivity index (χ1v) is 9.37. The molecule has 3 rings (SSSR count). The molecule has 0 saturated heterocycles. The Bertz CT molecular complexity index is 798. The van der Waals surface area contributed by atoms with Gasteiger partial charge in [0.15, 0.2) is 5.16 Å². The first-order chi connectivity index (χ1) is 11.6. The van der Waals surface area contributed by atoms with Gasteiger partial charge in [0.25, 0.3) is 0 Å². The molecule has 0 N–H and O–H groups in total. The van der Waals surface area contributed by atoms with Gasteiger partial charge in [0.2, 0.25) is 0 Å². The Hall–Kier alpha value is -1.49. The van der Waals surface area contributed by atoms with Crippen molar-refractivity contribution in [1.29, 1.82) is 0 Å². The van der Waals surface area contributed by atoms with Gasteiger partial charge in [-0.05, 0) is 29.7 Å². The minimum absolute atomic E-state index is 0.670. The lowest BCUT2D eigenvalue weighted by molar-refractivity contribution is 0.723. The van der Waals surface area contributed by atoms with E-state index >= 15 is 0 Å². The lowest BCUT2D eigenvalue weighted by Gasteiger charge is -2.07. The van der Waals surface area contributed by atoms with Crippen LogP contribution in [0.15, 0.2) is 53.7 Å². The Morgan fingerprint density at radius 3 is 2.33 bits per heavy atom. The normalized spacial score (nSPS) is 11.0. The van der Waals surface area contributed by atoms with Crippen LogP contribution in [0.3, 0.4) is 0 Å². The third kappa shape index (κ3) is 4.12. The number of halogens is 2. The van der Waals surface area contributed by atoms with E-state index in [1.54, 1.807) is 11.8 Å². The Morgan fingerprint density at radius 2 is 1.62 bits per heavy atom. The van der Waals surface area contributed by atoms with Gasteiger partial charge < -0.3 is 4.57 Å². The molecule has 0 aliphatic heterocycles. The molecule has 3 nitrogen and oxygen atoms in total. The summed E-state index contributed by atoms with van der Waals surface area (Å²) in [7, 11) is 2.00. The third-order valence-electron chi connectivity index (χ3n) is 3.81. The molecule has 0 fully saturated rings. The van der Waals surface area contributed by atoms with Gasteiger partial charge in [0.1, 0.15) is 5.82 Å². The van der Waals surface area contributed by atoms with Crippen LogP contribution in [0.5, 0.6) is 0 Å². The predicted octanol–water partition coefficient (Wildman–Crippen LogP) is 5.20. The summed E-state index contributed by atoms with van der Waals surface area (Å²) in [6.07, 6.45) is 1.81. The summed E-state index contributed by atoms with van der Waals surface area (Å²) >= 11 is 14.0. The van der Waals surface area contributed by atoms with Gasteiger partial charge in [-0.3, -0.25) is 0 Å². The summed E-state index contributed by atoms with van der Waals surface area (Å²) in [5.74, 6) is 1.65. The van der Waals surface area contributed by atoms with E-state index in [-0.39, 0.29) is 0 Å². The van der Waals surface area contributed by atoms with Crippen LogP contribution in [0.25, 0.3) is 0 Å². The monoisotopic (exact) mass is 377 g/mol. The van der Waals surface area contributed by atoms with E-state index in [0.29, 0.717) is 15.8 Å². The van der Waals surface area contributed by atoms with Crippen molar-refractivity contribution in [3.8, 4) is 0 Å². The quantitative estimate of drug-likeness (QED) is 0.553. The van der Waals surface area contributed by atoms with E-state index in [9.17, 15) is 0 Å². The third-order valence-corrected chi connectivity index (χ3v) is 5.57. The minimum atomic E-state index is 0.670. The van der Waals surface area contributed by atoms with E-state index in [1.807, 2.05) is 35.9 Å². The second kappa shape index (κ2) is 8.06. The topological polar surface area (TPSA) is 30.7 Å². The first-order valence-electron chi connectivity index (χ1n) is 7.63. The summed E-state index contributed by atoms with van der Waals surface area (Å²) in [4.78, 5) is 0. The maximum Gasteiger partial charge on any atom is 0.191 e. The highest BCUT2D eigenvalue weighted by Gasteiger charge is 2.12. The SMILES string of the molecule is Cn1c(CCc2ccccc2)nnc1SCc1c(Cl)cccc1Cl. The molecular weight excluding hydrogens is 361 g/mol. The van der Waals surface area contributed by atoms with Crippen LogP contribution in [0.1, 0.15) is 17.0 Å². The average Bonchev–Trinajstić information content (AvgIpc) is 2.94. The van der Waals surface area contributed by atoms with Gasteiger partial charge in [-0.25, -0.2) is 0 Å². The zero-order valence-electron chi connectivity index (χ0n) is 13.2. The molecule has 0 saturated carbocycles. The lowest BCUT2D eigenvalue weighted by Crippen LogP contribution is -2.01. The largest absolute Gasteiger partial charge is 0.309 e. The van der Waals surface area contributed by atoms with Gasteiger partial charge in [-0.1, -0.05) is 71.4 Å². The summed E-state index contributed by atoms with van der Waals surface area (Å²) in [5.41, 5.74) is 2.23. The molecule has 0 amide bonds. The highest BCUT2D eigenvalue weighted by molar-refractivity contribution is 7.98. The highest BCUT2D eigenvalue weighted by atomic mass is 35.5. The number of nitrogens with zero attached hydrogens (tertiary/aromatic N) is 3. The van der Waals surface area contributed by atoms with Gasteiger partial charge in [0.05, 0.1) is 0 Å². The van der Waals surface area contributed by atoms with Crippen molar-refractivity contribution in [2.45, 2.75) is 23.8 Å². The van der Waals surface area contributed by atoms with Crippen molar-refractivity contribution in [1.82, 2.24) is 14.8 Å². The summed E-state index contributed by atoms with van der Waals surface area (Å²) in [5, 5.41) is 10.8. The molecule has 3 aromatic rings. The van der Waals surface area contributed by atoms with Crippen LogP contribution in [0.4, 0.5) is 0 Å². The molecule has 1 aromatic heterocycles. The van der Waals surface area contributed by atoms with Crippen LogP contribution in [0, 0.1) is 0 Å². The molecular formula is C18H17Cl2N3S. The van der Waals surface area contributed by atoms with Gasteiger partial charge in [-0.2, -0.15) is 0 Å². The minimum Gasteiger partial charge on any atom is -0.309 e. The Morgan fingerprint density at radius 1 is 0.917 bits per heavy atom. The molecule has 0 aliphatic carbocycles. The maximum absolute atomic E-state index is 6.22. The Balaban J connectivity index is 1.64. The predicted molar refractivity (Wildman–Crippen MR) is 101 cm³/mol. The standard InChI is InChI=1S/C18H17Cl2N3S/c1-23-17(11-10-13-6-3-2-4-7-13)21-22-18(23)24-12-14-15(19)8-5-9-16(14)20/h2-9H,10-12H2,1H3. The van der Waals surface area contributed by atoms with Crippen LogP contribution < -0.4 is 0 Å². The number of hydrogen-bond acceptors (Lipinski definition) is 3. The number of benzene rings is 2. The molecule has 0 unspecified atom stereocenters. The summed E-state index contributed by atoms with van der Waals surface area (Å²) in [6.45, 7) is 0. The van der Waals surface area contributed by atoms with E-state index < -0.39 is 0 Å². The van der Waals surface area contributed by atoms with Crippen molar-refractivity contribution in [2.75, 3.05) is 0 Å². The fourth-order valence-electron chi connectivity index (χ4n) is 2.40. The molecule has 124 valence electrons. The zero-order valence-corrected chi connectivity index (χ0v) is 15.6. The molecule has 0 atom stereocenters. The molecule has 0 aliphatic rings. The molecule has 0 radical (unpaired) electrons. The second-order valence-corrected chi connectivity index (χ2v) is 7.19. The zero-order chi connectivity index (χ0) is 16.9. The molecule has 2 aromatic carbocycles. The first kappa shape index (κ1) is 17.3. The van der Waals surface area contributed by atoms with Crippen LogP contribution in [0.2, 0.25) is 10.0 Å². The number of thioether (sulfide) groups is 1. The number of rotatable bonds is 6. The lowest BCUT2D eigenvalue weighted by atomic mass is 10.1. The van der Waals surface area contributed by atoms with Crippen LogP contribution in [-0.4, -0.2) is 14.8 Å². The molecule has 24 heavy (non-hydrogen) atoms. The van der Waals surface area contributed by atoms with E-state index in [2.05, 4.69) is 34.5 Å². The maximum atomic E-state index is 6.22. The van der Waals surface area contributed by atoms with Crippen molar-refractivity contribution >= 4 is 35.0 Å². The van der Waals surface area contributed by atoms with Crippen molar-refractivity contribution in [3.63, 3.8) is 0 Å². The van der Waals surface area contributed by atoms with Crippen molar-refractivity contribution < 1.29 is 0 Å².